The van der Waals surface area contributed by atoms with Crippen LogP contribution in [0.5, 0.6) is 11.5 Å². The molecule has 1 saturated carbocycles. The van der Waals surface area contributed by atoms with Gasteiger partial charge in [0.1, 0.15) is 34.3 Å². The largest absolute Gasteiger partial charge is 0.457 e. The third-order valence-corrected chi connectivity index (χ3v) is 10.7. The fraction of sp³-hybridized carbons (Fsp3) is 0.479. The highest BCUT2D eigenvalue weighted by atomic mass is 16.6. The SMILES string of the molecule is CC(C)(C)OC(=O)N(CCCN(C(=O)OC(C)(C)C)C1CCCCC1)Cc1ccc(CNc2nc(N)cc(N3CCN(C(=O)Nc4cccc(Oc5ccccc5)c4)CC3)n2)cc1. The second-order valence-corrected chi connectivity index (χ2v) is 18.2. The van der Waals surface area contributed by atoms with Crippen LogP contribution in [0.25, 0.3) is 0 Å². The molecule has 0 unspecified atom stereocenters. The number of urea groups is 1. The fourth-order valence-electron chi connectivity index (χ4n) is 7.59. The van der Waals surface area contributed by atoms with E-state index in [0.717, 1.165) is 42.6 Å². The van der Waals surface area contributed by atoms with Crippen molar-refractivity contribution in [1.82, 2.24) is 24.7 Å². The van der Waals surface area contributed by atoms with Crippen LogP contribution >= 0.6 is 0 Å². The number of para-hydroxylation sites is 1. The molecule has 3 aromatic carbocycles. The molecule has 15 nitrogen and oxygen atoms in total. The van der Waals surface area contributed by atoms with Gasteiger partial charge in [0, 0.05) is 76.2 Å². The second kappa shape index (κ2) is 21.2. The molecule has 0 spiro atoms. The van der Waals surface area contributed by atoms with E-state index < -0.39 is 17.3 Å². The summed E-state index contributed by atoms with van der Waals surface area (Å²) in [5, 5.41) is 6.30. The Morgan fingerprint density at radius 1 is 0.746 bits per heavy atom. The highest BCUT2D eigenvalue weighted by Crippen LogP contribution is 2.27. The van der Waals surface area contributed by atoms with Crippen molar-refractivity contribution in [2.24, 2.45) is 0 Å². The van der Waals surface area contributed by atoms with Crippen molar-refractivity contribution in [3.05, 3.63) is 96.1 Å². The molecule has 1 aliphatic heterocycles. The summed E-state index contributed by atoms with van der Waals surface area (Å²) in [6.45, 7) is 15.1. The van der Waals surface area contributed by atoms with Crippen LogP contribution < -0.4 is 26.0 Å². The first kappa shape index (κ1) is 46.3. The predicted molar refractivity (Wildman–Crippen MR) is 247 cm³/mol. The van der Waals surface area contributed by atoms with Crippen LogP contribution in [0.2, 0.25) is 0 Å². The maximum Gasteiger partial charge on any atom is 0.410 e. The molecule has 4 aromatic rings. The number of benzene rings is 3. The molecule has 15 heteroatoms. The Hall–Kier alpha value is -6.25. The van der Waals surface area contributed by atoms with E-state index in [0.29, 0.717) is 87.8 Å². The topological polar surface area (TPSA) is 168 Å². The minimum atomic E-state index is -0.656. The lowest BCUT2D eigenvalue weighted by molar-refractivity contribution is 0.00969. The van der Waals surface area contributed by atoms with Crippen LogP contribution in [0.1, 0.15) is 91.2 Å². The summed E-state index contributed by atoms with van der Waals surface area (Å²) in [5.41, 5.74) is 7.59. The van der Waals surface area contributed by atoms with Gasteiger partial charge in [0.15, 0.2) is 0 Å². The summed E-state index contributed by atoms with van der Waals surface area (Å²) in [7, 11) is 0. The third-order valence-electron chi connectivity index (χ3n) is 10.7. The summed E-state index contributed by atoms with van der Waals surface area (Å²) >= 11 is 0. The smallest absolute Gasteiger partial charge is 0.410 e. The molecular weight excluding hydrogens is 799 g/mol. The highest BCUT2D eigenvalue weighted by Gasteiger charge is 2.30. The number of aromatic nitrogens is 2. The molecule has 1 aromatic heterocycles. The van der Waals surface area contributed by atoms with Crippen LogP contribution in [0.4, 0.5) is 37.7 Å². The van der Waals surface area contributed by atoms with Gasteiger partial charge in [-0.25, -0.2) is 14.4 Å². The molecule has 338 valence electrons. The number of carbonyl (C=O) groups is 3. The number of hydrogen-bond donors (Lipinski definition) is 3. The lowest BCUT2D eigenvalue weighted by atomic mass is 9.94. The molecule has 2 heterocycles. The number of anilines is 4. The minimum Gasteiger partial charge on any atom is -0.457 e. The Morgan fingerprint density at radius 2 is 1.40 bits per heavy atom. The average Bonchev–Trinajstić information content (AvgIpc) is 3.24. The van der Waals surface area contributed by atoms with Gasteiger partial charge < -0.3 is 50.2 Å². The Morgan fingerprint density at radius 3 is 2.08 bits per heavy atom. The Bertz CT molecular complexity index is 2110. The van der Waals surface area contributed by atoms with Crippen LogP contribution in [0, 0.1) is 0 Å². The second-order valence-electron chi connectivity index (χ2n) is 18.2. The van der Waals surface area contributed by atoms with E-state index in [1.54, 1.807) is 21.9 Å². The van der Waals surface area contributed by atoms with Crippen molar-refractivity contribution in [2.45, 2.75) is 110 Å². The van der Waals surface area contributed by atoms with Crippen molar-refractivity contribution >= 4 is 41.5 Å². The number of nitrogens with zero attached hydrogens (tertiary/aromatic N) is 6. The highest BCUT2D eigenvalue weighted by molar-refractivity contribution is 5.89. The minimum absolute atomic E-state index is 0.141. The van der Waals surface area contributed by atoms with E-state index in [-0.39, 0.29) is 18.2 Å². The van der Waals surface area contributed by atoms with Gasteiger partial charge in [-0.05, 0) is 96.2 Å². The number of carbonyl (C=O) groups excluding carboxylic acids is 3. The van der Waals surface area contributed by atoms with Gasteiger partial charge in [-0.15, -0.1) is 0 Å². The molecule has 6 rings (SSSR count). The first-order chi connectivity index (χ1) is 30.1. The number of nitrogens with two attached hydrogens (primary N) is 1. The average molecular weight is 864 g/mol. The number of nitrogen functional groups attached to an aromatic ring is 1. The van der Waals surface area contributed by atoms with Crippen LogP contribution in [0.3, 0.4) is 0 Å². The first-order valence-corrected chi connectivity index (χ1v) is 22.1. The third kappa shape index (κ3) is 14.7. The number of nitrogens with one attached hydrogen (secondary N) is 2. The monoisotopic (exact) mass is 864 g/mol. The zero-order valence-electron chi connectivity index (χ0n) is 37.8. The molecule has 0 bridgehead atoms. The standard InChI is InChI=1S/C48H65N9O6/c1-47(2,3)62-45(59)56(25-14-26-57(38-16-9-7-10-17-38)46(60)63-48(4,5)6)34-36-23-21-35(22-24-36)33-50-43-52-41(49)32-42(53-43)54-27-29-55(30-28-54)44(58)51-37-15-13-20-40(31-37)61-39-18-11-8-12-19-39/h8,11-13,15,18-24,31-32,38H,7,9-10,14,16-17,25-30,33-34H2,1-6H3,(H,51,58)(H3,49,50,52,53). The number of piperazine rings is 1. The number of amides is 4. The van der Waals surface area contributed by atoms with E-state index in [9.17, 15) is 14.4 Å². The Labute approximate surface area is 372 Å². The molecule has 0 atom stereocenters. The lowest BCUT2D eigenvalue weighted by Gasteiger charge is -2.36. The molecule has 1 saturated heterocycles. The fourth-order valence-corrected chi connectivity index (χ4v) is 7.59. The van der Waals surface area contributed by atoms with E-state index in [1.807, 2.05) is 119 Å². The van der Waals surface area contributed by atoms with Crippen LogP contribution in [-0.4, -0.2) is 99.4 Å². The molecular formula is C48H65N9O6. The van der Waals surface area contributed by atoms with Crippen molar-refractivity contribution in [3.8, 4) is 11.5 Å². The van der Waals surface area contributed by atoms with Gasteiger partial charge in [0.25, 0.3) is 0 Å². The predicted octanol–water partition coefficient (Wildman–Crippen LogP) is 9.51. The molecule has 2 fully saturated rings. The zero-order valence-corrected chi connectivity index (χ0v) is 37.8. The molecule has 2 aliphatic rings. The summed E-state index contributed by atoms with van der Waals surface area (Å²) in [5.74, 6) is 2.78. The van der Waals surface area contributed by atoms with E-state index in [2.05, 4.69) is 20.5 Å². The zero-order chi connectivity index (χ0) is 45.0. The number of rotatable bonds is 14. The maximum absolute atomic E-state index is 13.5. The van der Waals surface area contributed by atoms with Crippen LogP contribution in [0.15, 0.2) is 84.9 Å². The van der Waals surface area contributed by atoms with Gasteiger partial charge in [0.2, 0.25) is 5.95 Å². The lowest BCUT2D eigenvalue weighted by Crippen LogP contribution is -2.50. The van der Waals surface area contributed by atoms with E-state index in [4.69, 9.17) is 24.9 Å². The summed E-state index contributed by atoms with van der Waals surface area (Å²) in [6.07, 6.45) is 5.19. The Balaban J connectivity index is 1.00. The summed E-state index contributed by atoms with van der Waals surface area (Å²) in [4.78, 5) is 56.6. The van der Waals surface area contributed by atoms with Gasteiger partial charge >= 0.3 is 18.2 Å². The van der Waals surface area contributed by atoms with Crippen LogP contribution in [-0.2, 0) is 22.6 Å². The van der Waals surface area contributed by atoms with Gasteiger partial charge in [-0.3, -0.25) is 0 Å². The van der Waals surface area contributed by atoms with Gasteiger partial charge in [0.05, 0.1) is 0 Å². The van der Waals surface area contributed by atoms with Gasteiger partial charge in [-0.2, -0.15) is 9.97 Å². The van der Waals surface area contributed by atoms with E-state index >= 15 is 0 Å². The number of ether oxygens (including phenoxy) is 3. The Kier molecular flexibility index (Phi) is 15.6. The molecule has 63 heavy (non-hydrogen) atoms. The van der Waals surface area contributed by atoms with Crippen molar-refractivity contribution in [3.63, 3.8) is 0 Å². The summed E-state index contributed by atoms with van der Waals surface area (Å²) < 4.78 is 17.5. The first-order valence-electron chi connectivity index (χ1n) is 22.1. The quantitative estimate of drug-likeness (QED) is 0.110. The molecule has 4 N–H and O–H groups in total. The maximum atomic E-state index is 13.5. The number of hydrogen-bond acceptors (Lipinski definition) is 11. The van der Waals surface area contributed by atoms with Crippen molar-refractivity contribution < 1.29 is 28.6 Å². The summed E-state index contributed by atoms with van der Waals surface area (Å²) in [6, 6.07) is 26.6. The molecule has 4 amide bonds. The van der Waals surface area contributed by atoms with E-state index in [1.165, 1.54) is 6.42 Å². The normalized spacial score (nSPS) is 14.7. The molecule has 0 radical (unpaired) electrons. The van der Waals surface area contributed by atoms with Gasteiger partial charge in [-0.1, -0.05) is 67.8 Å². The van der Waals surface area contributed by atoms with Crippen molar-refractivity contribution in [1.29, 1.82) is 0 Å². The molecule has 1 aliphatic carbocycles. The van der Waals surface area contributed by atoms with Crippen molar-refractivity contribution in [2.75, 3.05) is 60.5 Å².